The zero-order valence-electron chi connectivity index (χ0n) is 14.6. The number of aromatic nitrogens is 3. The summed E-state index contributed by atoms with van der Waals surface area (Å²) in [5.41, 5.74) is 3.92. The Morgan fingerprint density at radius 2 is 1.93 bits per heavy atom. The van der Waals surface area contributed by atoms with Gasteiger partial charge in [0.15, 0.2) is 10.6 Å². The van der Waals surface area contributed by atoms with Crippen LogP contribution in [0.1, 0.15) is 35.4 Å². The summed E-state index contributed by atoms with van der Waals surface area (Å²) in [7, 11) is 0. The molecule has 2 aromatic carbocycles. The number of H-pyrrole nitrogens is 1. The van der Waals surface area contributed by atoms with E-state index in [4.69, 9.17) is 12.2 Å². The molecule has 136 valence electrons. The Bertz CT molecular complexity index is 1120. The normalized spacial score (nSPS) is 13.5. The van der Waals surface area contributed by atoms with Crippen LogP contribution in [-0.4, -0.2) is 25.0 Å². The van der Waals surface area contributed by atoms with Crippen LogP contribution in [0.3, 0.4) is 0 Å². The zero-order chi connectivity index (χ0) is 19.1. The Balaban J connectivity index is 1.98. The second-order valence-corrected chi connectivity index (χ2v) is 6.97. The summed E-state index contributed by atoms with van der Waals surface area (Å²) >= 11 is 5.46. The van der Waals surface area contributed by atoms with E-state index < -0.39 is 0 Å². The number of nitrogens with one attached hydrogen (secondary N) is 1. The summed E-state index contributed by atoms with van der Waals surface area (Å²) < 4.78 is 2.16. The van der Waals surface area contributed by atoms with Gasteiger partial charge in [0.25, 0.3) is 0 Å². The molecular weight excluding hydrogens is 358 g/mol. The number of hydrogen-bond donors (Lipinski definition) is 3. The number of hydrogen-bond acceptors (Lipinski definition) is 4. The highest BCUT2D eigenvalue weighted by Crippen LogP contribution is 2.47. The first-order valence-electron chi connectivity index (χ1n) is 8.67. The molecule has 0 amide bonds. The van der Waals surface area contributed by atoms with E-state index in [2.05, 4.69) is 23.4 Å². The van der Waals surface area contributed by atoms with E-state index in [9.17, 15) is 10.2 Å². The molecule has 1 saturated carbocycles. The summed E-state index contributed by atoms with van der Waals surface area (Å²) in [6.45, 7) is 7.76. The zero-order valence-corrected chi connectivity index (χ0v) is 15.5. The SMILES string of the molecule is C=Cc1cccc(-n2c(-c3cc(C4CC4)c(O)cc3O)n[nH]c2=S)c1C=C. The smallest absolute Gasteiger partial charge is 0.200 e. The molecule has 27 heavy (non-hydrogen) atoms. The van der Waals surface area contributed by atoms with Crippen molar-refractivity contribution < 1.29 is 10.2 Å². The number of phenols is 2. The molecule has 1 aliphatic rings. The highest BCUT2D eigenvalue weighted by Gasteiger charge is 2.28. The molecule has 0 unspecified atom stereocenters. The maximum atomic E-state index is 10.5. The summed E-state index contributed by atoms with van der Waals surface area (Å²) in [4.78, 5) is 0. The third-order valence-electron chi connectivity index (χ3n) is 4.86. The van der Waals surface area contributed by atoms with Crippen molar-refractivity contribution in [3.05, 3.63) is 65.0 Å². The van der Waals surface area contributed by atoms with E-state index >= 15 is 0 Å². The Hall–Kier alpha value is -3.12. The van der Waals surface area contributed by atoms with Crippen molar-refractivity contribution >= 4 is 24.4 Å². The van der Waals surface area contributed by atoms with Crippen LogP contribution < -0.4 is 0 Å². The minimum absolute atomic E-state index is 0.0489. The molecule has 0 atom stereocenters. The average molecular weight is 377 g/mol. The fourth-order valence-electron chi connectivity index (χ4n) is 3.36. The molecule has 0 spiro atoms. The molecule has 1 fully saturated rings. The molecule has 5 nitrogen and oxygen atoms in total. The molecule has 4 rings (SSSR count). The van der Waals surface area contributed by atoms with Crippen molar-refractivity contribution in [3.8, 4) is 28.6 Å². The molecule has 0 aliphatic heterocycles. The lowest BCUT2D eigenvalue weighted by Crippen LogP contribution is -2.02. The van der Waals surface area contributed by atoms with E-state index in [-0.39, 0.29) is 11.5 Å². The quantitative estimate of drug-likeness (QED) is 0.536. The van der Waals surface area contributed by atoms with Gasteiger partial charge in [-0.3, -0.25) is 9.67 Å². The first-order valence-corrected chi connectivity index (χ1v) is 9.08. The standard InChI is InChI=1S/C21H19N3O2S/c1-3-12-6-5-7-17(14(12)4-2)24-20(22-23-21(24)27)16-10-15(13-8-9-13)18(25)11-19(16)26/h3-7,10-11,13,25-26H,1-2,8-9H2,(H,23,27). The third kappa shape index (κ3) is 2.88. The molecule has 0 saturated heterocycles. The van der Waals surface area contributed by atoms with Crippen LogP contribution >= 0.6 is 12.2 Å². The first kappa shape index (κ1) is 17.3. The average Bonchev–Trinajstić information content (AvgIpc) is 3.43. The predicted octanol–water partition coefficient (Wildman–Crippen LogP) is 5.17. The Labute approximate surface area is 161 Å². The Morgan fingerprint density at radius 3 is 2.59 bits per heavy atom. The van der Waals surface area contributed by atoms with Crippen LogP contribution in [0.15, 0.2) is 43.5 Å². The van der Waals surface area contributed by atoms with E-state index in [1.165, 1.54) is 6.07 Å². The summed E-state index contributed by atoms with van der Waals surface area (Å²) in [6, 6.07) is 8.94. The minimum atomic E-state index is -0.0489. The Morgan fingerprint density at radius 1 is 1.15 bits per heavy atom. The Kier molecular flexibility index (Phi) is 4.20. The van der Waals surface area contributed by atoms with Crippen LogP contribution in [0.2, 0.25) is 0 Å². The van der Waals surface area contributed by atoms with Gasteiger partial charge in [-0.25, -0.2) is 0 Å². The van der Waals surface area contributed by atoms with Crippen molar-refractivity contribution in [2.75, 3.05) is 0 Å². The molecule has 3 aromatic rings. The van der Waals surface area contributed by atoms with Gasteiger partial charge in [-0.05, 0) is 54.2 Å². The van der Waals surface area contributed by atoms with Crippen LogP contribution in [0.4, 0.5) is 0 Å². The van der Waals surface area contributed by atoms with Crippen LogP contribution in [0, 0.1) is 4.77 Å². The van der Waals surface area contributed by atoms with Gasteiger partial charge in [-0.2, -0.15) is 5.10 Å². The number of aromatic amines is 1. The van der Waals surface area contributed by atoms with Gasteiger partial charge < -0.3 is 10.2 Å². The topological polar surface area (TPSA) is 74.1 Å². The summed E-state index contributed by atoms with van der Waals surface area (Å²) in [5.74, 6) is 0.864. The van der Waals surface area contributed by atoms with E-state index in [1.807, 2.05) is 18.2 Å². The highest BCUT2D eigenvalue weighted by atomic mass is 32.1. The van der Waals surface area contributed by atoms with Gasteiger partial charge in [-0.15, -0.1) is 0 Å². The number of aromatic hydroxyl groups is 2. The second kappa shape index (κ2) is 6.55. The van der Waals surface area contributed by atoms with E-state index in [1.54, 1.807) is 22.8 Å². The van der Waals surface area contributed by atoms with Crippen molar-refractivity contribution in [1.82, 2.24) is 14.8 Å². The van der Waals surface area contributed by atoms with Crippen LogP contribution in [0.25, 0.3) is 29.2 Å². The first-order chi connectivity index (χ1) is 13.0. The minimum Gasteiger partial charge on any atom is -0.508 e. The molecule has 6 heteroatoms. The molecule has 1 heterocycles. The monoisotopic (exact) mass is 377 g/mol. The summed E-state index contributed by atoms with van der Waals surface area (Å²) in [5, 5.41) is 27.8. The maximum Gasteiger partial charge on any atom is 0.200 e. The lowest BCUT2D eigenvalue weighted by molar-refractivity contribution is 0.447. The van der Waals surface area contributed by atoms with Crippen molar-refractivity contribution in [1.29, 1.82) is 0 Å². The number of rotatable bonds is 5. The largest absolute Gasteiger partial charge is 0.508 e. The maximum absolute atomic E-state index is 10.5. The van der Waals surface area contributed by atoms with Gasteiger partial charge >= 0.3 is 0 Å². The van der Waals surface area contributed by atoms with E-state index in [0.717, 1.165) is 35.2 Å². The molecular formula is C21H19N3O2S. The lowest BCUT2D eigenvalue weighted by atomic mass is 10.0. The molecule has 1 aromatic heterocycles. The highest BCUT2D eigenvalue weighted by molar-refractivity contribution is 7.71. The van der Waals surface area contributed by atoms with Crippen LogP contribution in [0.5, 0.6) is 11.5 Å². The fourth-order valence-corrected chi connectivity index (χ4v) is 3.59. The summed E-state index contributed by atoms with van der Waals surface area (Å²) in [6.07, 6.45) is 5.57. The number of benzene rings is 2. The molecule has 0 radical (unpaired) electrons. The van der Waals surface area contributed by atoms with Crippen molar-refractivity contribution in [3.63, 3.8) is 0 Å². The molecule has 0 bridgehead atoms. The van der Waals surface area contributed by atoms with Crippen molar-refractivity contribution in [2.45, 2.75) is 18.8 Å². The van der Waals surface area contributed by atoms with Crippen molar-refractivity contribution in [2.24, 2.45) is 0 Å². The lowest BCUT2D eigenvalue weighted by Gasteiger charge is -2.14. The van der Waals surface area contributed by atoms with Gasteiger partial charge in [0.05, 0.1) is 11.3 Å². The van der Waals surface area contributed by atoms with Gasteiger partial charge in [0, 0.05) is 11.6 Å². The number of phenolic OH excluding ortho intramolecular Hbond substituents is 2. The van der Waals surface area contributed by atoms with Gasteiger partial charge in [-0.1, -0.05) is 37.4 Å². The fraction of sp³-hybridized carbons (Fsp3) is 0.143. The number of nitrogens with zero attached hydrogens (tertiary/aromatic N) is 2. The van der Waals surface area contributed by atoms with E-state index in [0.29, 0.717) is 22.1 Å². The molecule has 3 N–H and O–H groups in total. The van der Waals surface area contributed by atoms with Gasteiger partial charge in [0.2, 0.25) is 0 Å². The predicted molar refractivity (Wildman–Crippen MR) is 110 cm³/mol. The third-order valence-corrected chi connectivity index (χ3v) is 5.13. The molecule has 1 aliphatic carbocycles. The van der Waals surface area contributed by atoms with Gasteiger partial charge in [0.1, 0.15) is 11.5 Å². The van der Waals surface area contributed by atoms with Crippen LogP contribution in [-0.2, 0) is 0 Å². The second-order valence-electron chi connectivity index (χ2n) is 6.58.